The van der Waals surface area contributed by atoms with Gasteiger partial charge in [-0.1, -0.05) is 18.2 Å². The van der Waals surface area contributed by atoms with Crippen molar-refractivity contribution in [2.24, 2.45) is 5.92 Å². The van der Waals surface area contributed by atoms with Crippen molar-refractivity contribution in [3.8, 4) is 0 Å². The van der Waals surface area contributed by atoms with Gasteiger partial charge in [0, 0.05) is 12.1 Å². The average Bonchev–Trinajstić information content (AvgIpc) is 2.99. The summed E-state index contributed by atoms with van der Waals surface area (Å²) in [5, 5.41) is 8.75. The highest BCUT2D eigenvalue weighted by molar-refractivity contribution is 5.96. The lowest BCUT2D eigenvalue weighted by atomic mass is 10.1. The van der Waals surface area contributed by atoms with E-state index in [0.29, 0.717) is 18.0 Å². The van der Waals surface area contributed by atoms with Gasteiger partial charge in [-0.2, -0.15) is 0 Å². The molecule has 2 rings (SSSR count). The molecule has 0 bridgehead atoms. The van der Waals surface area contributed by atoms with Gasteiger partial charge in [-0.3, -0.25) is 9.59 Å². The summed E-state index contributed by atoms with van der Waals surface area (Å²) in [5.41, 5.74) is 0.567. The maximum absolute atomic E-state index is 11.7. The average molecular weight is 312 g/mol. The van der Waals surface area contributed by atoms with Gasteiger partial charge in [-0.25, -0.2) is 0 Å². The SMILES string of the molecule is Cl.O=C(CNC(=O)c1ccccc1)NCCC1CCNC1. The molecule has 1 aromatic carbocycles. The van der Waals surface area contributed by atoms with Crippen molar-refractivity contribution in [3.05, 3.63) is 35.9 Å². The lowest BCUT2D eigenvalue weighted by molar-refractivity contribution is -0.120. The number of amides is 2. The molecule has 6 heteroatoms. The Labute approximate surface area is 131 Å². The summed E-state index contributed by atoms with van der Waals surface area (Å²) >= 11 is 0. The normalized spacial score (nSPS) is 16.9. The Morgan fingerprint density at radius 3 is 2.62 bits per heavy atom. The van der Waals surface area contributed by atoms with E-state index in [1.807, 2.05) is 6.07 Å². The first kappa shape index (κ1) is 17.5. The summed E-state index contributed by atoms with van der Waals surface area (Å²) in [6, 6.07) is 8.89. The first-order chi connectivity index (χ1) is 9.75. The predicted octanol–water partition coefficient (Wildman–Crippen LogP) is 0.954. The van der Waals surface area contributed by atoms with Gasteiger partial charge in [0.25, 0.3) is 5.91 Å². The molecule has 1 heterocycles. The van der Waals surface area contributed by atoms with Crippen molar-refractivity contribution in [1.29, 1.82) is 0 Å². The van der Waals surface area contributed by atoms with E-state index < -0.39 is 0 Å². The number of hydrogen-bond donors (Lipinski definition) is 3. The smallest absolute Gasteiger partial charge is 0.251 e. The highest BCUT2D eigenvalue weighted by atomic mass is 35.5. The molecule has 21 heavy (non-hydrogen) atoms. The number of nitrogens with one attached hydrogen (secondary N) is 3. The van der Waals surface area contributed by atoms with E-state index in [1.165, 1.54) is 6.42 Å². The van der Waals surface area contributed by atoms with Crippen molar-refractivity contribution in [2.75, 3.05) is 26.2 Å². The van der Waals surface area contributed by atoms with Crippen LogP contribution in [-0.4, -0.2) is 38.0 Å². The number of carbonyl (C=O) groups excluding carboxylic acids is 2. The molecule has 1 aliphatic rings. The Morgan fingerprint density at radius 1 is 1.19 bits per heavy atom. The molecule has 0 saturated carbocycles. The molecule has 1 aliphatic heterocycles. The Bertz CT molecular complexity index is 447. The Balaban J connectivity index is 0.00000220. The molecule has 1 aromatic rings. The van der Waals surface area contributed by atoms with E-state index in [9.17, 15) is 9.59 Å². The number of rotatable bonds is 6. The Kier molecular flexibility index (Phi) is 7.79. The third-order valence-electron chi connectivity index (χ3n) is 3.48. The van der Waals surface area contributed by atoms with Gasteiger partial charge in [0.05, 0.1) is 6.54 Å². The van der Waals surface area contributed by atoms with Crippen LogP contribution < -0.4 is 16.0 Å². The minimum atomic E-state index is -0.222. The summed E-state index contributed by atoms with van der Waals surface area (Å²) in [7, 11) is 0. The molecule has 116 valence electrons. The molecule has 1 unspecified atom stereocenters. The fraction of sp³-hybridized carbons (Fsp3) is 0.467. The maximum atomic E-state index is 11.7. The maximum Gasteiger partial charge on any atom is 0.251 e. The summed E-state index contributed by atoms with van der Waals surface area (Å²) in [6.45, 7) is 2.81. The second-order valence-corrected chi connectivity index (χ2v) is 5.05. The Morgan fingerprint density at radius 2 is 1.95 bits per heavy atom. The second-order valence-electron chi connectivity index (χ2n) is 5.05. The van der Waals surface area contributed by atoms with Crippen LogP contribution in [0.3, 0.4) is 0 Å². The van der Waals surface area contributed by atoms with Crippen LogP contribution in [-0.2, 0) is 4.79 Å². The van der Waals surface area contributed by atoms with E-state index >= 15 is 0 Å². The van der Waals surface area contributed by atoms with Crippen LogP contribution in [0.2, 0.25) is 0 Å². The highest BCUT2D eigenvalue weighted by Gasteiger charge is 2.14. The van der Waals surface area contributed by atoms with Gasteiger partial charge >= 0.3 is 0 Å². The van der Waals surface area contributed by atoms with Crippen LogP contribution in [0.5, 0.6) is 0 Å². The number of halogens is 1. The van der Waals surface area contributed by atoms with Crippen molar-refractivity contribution < 1.29 is 9.59 Å². The second kappa shape index (κ2) is 9.37. The zero-order valence-electron chi connectivity index (χ0n) is 11.9. The minimum Gasteiger partial charge on any atom is -0.355 e. The van der Waals surface area contributed by atoms with Crippen molar-refractivity contribution in [3.63, 3.8) is 0 Å². The van der Waals surface area contributed by atoms with Crippen molar-refractivity contribution >= 4 is 24.2 Å². The number of hydrogen-bond acceptors (Lipinski definition) is 3. The van der Waals surface area contributed by atoms with E-state index in [1.54, 1.807) is 24.3 Å². The van der Waals surface area contributed by atoms with Gasteiger partial charge in [0.15, 0.2) is 0 Å². The molecule has 0 spiro atoms. The highest BCUT2D eigenvalue weighted by Crippen LogP contribution is 2.10. The van der Waals surface area contributed by atoms with Crippen LogP contribution in [0.15, 0.2) is 30.3 Å². The molecule has 1 fully saturated rings. The first-order valence-electron chi connectivity index (χ1n) is 7.06. The van der Waals surface area contributed by atoms with E-state index in [2.05, 4.69) is 16.0 Å². The lowest BCUT2D eigenvalue weighted by Gasteiger charge is -2.10. The fourth-order valence-corrected chi connectivity index (χ4v) is 2.29. The van der Waals surface area contributed by atoms with E-state index in [-0.39, 0.29) is 30.8 Å². The quantitative estimate of drug-likeness (QED) is 0.733. The van der Waals surface area contributed by atoms with E-state index in [0.717, 1.165) is 19.5 Å². The fourth-order valence-electron chi connectivity index (χ4n) is 2.29. The third kappa shape index (κ3) is 6.14. The van der Waals surface area contributed by atoms with Gasteiger partial charge in [0.2, 0.25) is 5.91 Å². The van der Waals surface area contributed by atoms with Crippen LogP contribution in [0, 0.1) is 5.92 Å². The molecule has 0 aromatic heterocycles. The molecule has 0 aliphatic carbocycles. The molecular formula is C15H22ClN3O2. The zero-order valence-corrected chi connectivity index (χ0v) is 12.7. The molecule has 2 amide bonds. The van der Waals surface area contributed by atoms with Crippen LogP contribution in [0.1, 0.15) is 23.2 Å². The molecular weight excluding hydrogens is 290 g/mol. The topological polar surface area (TPSA) is 70.2 Å². The van der Waals surface area contributed by atoms with Crippen LogP contribution in [0.25, 0.3) is 0 Å². The number of carbonyl (C=O) groups is 2. The number of benzene rings is 1. The monoisotopic (exact) mass is 311 g/mol. The lowest BCUT2D eigenvalue weighted by Crippen LogP contribution is -2.37. The summed E-state index contributed by atoms with van der Waals surface area (Å²) < 4.78 is 0. The van der Waals surface area contributed by atoms with Crippen molar-refractivity contribution in [2.45, 2.75) is 12.8 Å². The van der Waals surface area contributed by atoms with E-state index in [4.69, 9.17) is 0 Å². The third-order valence-corrected chi connectivity index (χ3v) is 3.48. The van der Waals surface area contributed by atoms with Crippen LogP contribution in [0.4, 0.5) is 0 Å². The predicted molar refractivity (Wildman–Crippen MR) is 84.6 cm³/mol. The van der Waals surface area contributed by atoms with Gasteiger partial charge < -0.3 is 16.0 Å². The first-order valence-corrected chi connectivity index (χ1v) is 7.06. The summed E-state index contributed by atoms with van der Waals surface area (Å²) in [5.74, 6) is 0.301. The molecule has 0 radical (unpaired) electrons. The molecule has 1 atom stereocenters. The van der Waals surface area contributed by atoms with Crippen LogP contribution >= 0.6 is 12.4 Å². The van der Waals surface area contributed by atoms with Gasteiger partial charge in [0.1, 0.15) is 0 Å². The van der Waals surface area contributed by atoms with Gasteiger partial charge in [-0.05, 0) is 44.0 Å². The van der Waals surface area contributed by atoms with Crippen molar-refractivity contribution in [1.82, 2.24) is 16.0 Å². The standard InChI is InChI=1S/C15H21N3O2.ClH/c19-14(17-9-7-12-6-8-16-10-12)11-18-15(20)13-4-2-1-3-5-13;/h1-5,12,16H,6-11H2,(H,17,19)(H,18,20);1H. The zero-order chi connectivity index (χ0) is 14.2. The summed E-state index contributed by atoms with van der Waals surface area (Å²) in [6.07, 6.45) is 2.17. The van der Waals surface area contributed by atoms with Gasteiger partial charge in [-0.15, -0.1) is 12.4 Å². The minimum absolute atomic E-state index is 0. The molecule has 3 N–H and O–H groups in total. The molecule has 5 nitrogen and oxygen atoms in total. The summed E-state index contributed by atoms with van der Waals surface area (Å²) in [4.78, 5) is 23.3. The Hall–Kier alpha value is -1.59. The molecule has 1 saturated heterocycles. The largest absolute Gasteiger partial charge is 0.355 e.